The van der Waals surface area contributed by atoms with Gasteiger partial charge >= 0.3 is 0 Å². The Hall–Kier alpha value is -1.66. The molecule has 0 radical (unpaired) electrons. The molecule has 2 heterocycles. The fourth-order valence-corrected chi connectivity index (χ4v) is 3.07. The van der Waals surface area contributed by atoms with Crippen molar-refractivity contribution < 1.29 is 0 Å². The molecule has 0 amide bonds. The summed E-state index contributed by atoms with van der Waals surface area (Å²) in [6, 6.07) is 7.94. The van der Waals surface area contributed by atoms with E-state index < -0.39 is 0 Å². The summed E-state index contributed by atoms with van der Waals surface area (Å²) in [5, 5.41) is 5.15. The van der Waals surface area contributed by atoms with Gasteiger partial charge in [-0.1, -0.05) is 6.07 Å². The molecule has 0 aliphatic rings. The van der Waals surface area contributed by atoms with Gasteiger partial charge in [-0.15, -0.1) is 11.3 Å². The zero-order chi connectivity index (χ0) is 14.1. The molecule has 6 heteroatoms. The molecule has 0 saturated heterocycles. The Balaban J connectivity index is 1.86. The standard InChI is InChI=1S/C14H12BrN3OS/c1-8-2-3-9(15)11(6-8)16-7-12-17-10-4-5-20-13(10)14(19)18-12/h2-6,16H,7H2,1H3,(H,17,18,19). The summed E-state index contributed by atoms with van der Waals surface area (Å²) in [5.74, 6) is 0.634. The van der Waals surface area contributed by atoms with Crippen LogP contribution in [0.15, 0.2) is 38.9 Å². The maximum Gasteiger partial charge on any atom is 0.268 e. The summed E-state index contributed by atoms with van der Waals surface area (Å²) >= 11 is 4.91. The predicted molar refractivity (Wildman–Crippen MR) is 86.4 cm³/mol. The molecule has 20 heavy (non-hydrogen) atoms. The number of hydrogen-bond donors (Lipinski definition) is 2. The Bertz CT molecular complexity index is 825. The van der Waals surface area contributed by atoms with Crippen molar-refractivity contribution in [3.8, 4) is 0 Å². The second-order valence-corrected chi connectivity index (χ2v) is 6.25. The summed E-state index contributed by atoms with van der Waals surface area (Å²) < 4.78 is 1.66. The number of aryl methyl sites for hydroxylation is 1. The van der Waals surface area contributed by atoms with Crippen molar-refractivity contribution in [1.82, 2.24) is 9.97 Å². The topological polar surface area (TPSA) is 57.8 Å². The summed E-state index contributed by atoms with van der Waals surface area (Å²) in [4.78, 5) is 19.1. The van der Waals surface area contributed by atoms with Crippen molar-refractivity contribution >= 4 is 43.2 Å². The molecule has 0 aliphatic carbocycles. The third-order valence-electron chi connectivity index (χ3n) is 2.93. The van der Waals surface area contributed by atoms with E-state index in [-0.39, 0.29) is 5.56 Å². The first-order valence-corrected chi connectivity index (χ1v) is 7.77. The van der Waals surface area contributed by atoms with Gasteiger partial charge in [0.25, 0.3) is 5.56 Å². The second-order valence-electron chi connectivity index (χ2n) is 4.48. The first-order chi connectivity index (χ1) is 9.63. The first kappa shape index (κ1) is 13.3. The number of rotatable bonds is 3. The summed E-state index contributed by atoms with van der Waals surface area (Å²) in [7, 11) is 0. The minimum absolute atomic E-state index is 0.0786. The Morgan fingerprint density at radius 2 is 2.25 bits per heavy atom. The molecule has 102 valence electrons. The van der Waals surface area contributed by atoms with Gasteiger partial charge in [-0.25, -0.2) is 4.98 Å². The number of nitrogens with zero attached hydrogens (tertiary/aromatic N) is 1. The van der Waals surface area contributed by atoms with Crippen LogP contribution in [0.3, 0.4) is 0 Å². The monoisotopic (exact) mass is 349 g/mol. The molecule has 0 saturated carbocycles. The van der Waals surface area contributed by atoms with Gasteiger partial charge in [0.05, 0.1) is 12.1 Å². The number of aromatic nitrogens is 2. The number of H-pyrrole nitrogens is 1. The van der Waals surface area contributed by atoms with E-state index in [1.165, 1.54) is 16.9 Å². The molecule has 0 bridgehead atoms. The van der Waals surface area contributed by atoms with Crippen LogP contribution in [-0.2, 0) is 6.54 Å². The highest BCUT2D eigenvalue weighted by atomic mass is 79.9. The molecule has 0 aliphatic heterocycles. The van der Waals surface area contributed by atoms with E-state index >= 15 is 0 Å². The minimum Gasteiger partial charge on any atom is -0.377 e. The summed E-state index contributed by atoms with van der Waals surface area (Å²) in [6.07, 6.45) is 0. The highest BCUT2D eigenvalue weighted by molar-refractivity contribution is 9.10. The fourth-order valence-electron chi connectivity index (χ4n) is 1.96. The van der Waals surface area contributed by atoms with Crippen molar-refractivity contribution in [1.29, 1.82) is 0 Å². The number of anilines is 1. The fraction of sp³-hybridized carbons (Fsp3) is 0.143. The van der Waals surface area contributed by atoms with Gasteiger partial charge in [0.2, 0.25) is 0 Å². The Morgan fingerprint density at radius 1 is 1.40 bits per heavy atom. The van der Waals surface area contributed by atoms with Crippen molar-refractivity contribution in [3.63, 3.8) is 0 Å². The molecule has 0 atom stereocenters. The Labute approximate surface area is 128 Å². The number of thiophene rings is 1. The summed E-state index contributed by atoms with van der Waals surface area (Å²) in [5.41, 5.74) is 2.83. The van der Waals surface area contributed by atoms with E-state index in [1.54, 1.807) is 0 Å². The third kappa shape index (κ3) is 2.62. The van der Waals surface area contributed by atoms with Gasteiger partial charge in [0.1, 0.15) is 10.5 Å². The van der Waals surface area contributed by atoms with Gasteiger partial charge in [-0.05, 0) is 52.0 Å². The van der Waals surface area contributed by atoms with Crippen LogP contribution in [0.2, 0.25) is 0 Å². The third-order valence-corrected chi connectivity index (χ3v) is 4.53. The highest BCUT2D eigenvalue weighted by Crippen LogP contribution is 2.23. The van der Waals surface area contributed by atoms with Crippen LogP contribution >= 0.6 is 27.3 Å². The molecular weight excluding hydrogens is 338 g/mol. The number of hydrogen-bond acceptors (Lipinski definition) is 4. The van der Waals surface area contributed by atoms with Crippen molar-refractivity contribution in [2.45, 2.75) is 13.5 Å². The average molecular weight is 350 g/mol. The van der Waals surface area contributed by atoms with E-state index in [9.17, 15) is 4.79 Å². The van der Waals surface area contributed by atoms with Crippen molar-refractivity contribution in [2.75, 3.05) is 5.32 Å². The normalized spacial score (nSPS) is 10.9. The average Bonchev–Trinajstić information content (AvgIpc) is 2.89. The maximum atomic E-state index is 11.9. The van der Waals surface area contributed by atoms with Crippen LogP contribution in [0.25, 0.3) is 10.2 Å². The molecule has 0 unspecified atom stereocenters. The lowest BCUT2D eigenvalue weighted by atomic mass is 10.2. The molecular formula is C14H12BrN3OS. The van der Waals surface area contributed by atoms with Gasteiger partial charge in [-0.3, -0.25) is 4.79 Å². The molecule has 1 aromatic carbocycles. The summed E-state index contributed by atoms with van der Waals surface area (Å²) in [6.45, 7) is 2.51. The van der Waals surface area contributed by atoms with Crippen LogP contribution in [0.4, 0.5) is 5.69 Å². The quantitative estimate of drug-likeness (QED) is 0.758. The van der Waals surface area contributed by atoms with Gasteiger partial charge in [-0.2, -0.15) is 0 Å². The van der Waals surface area contributed by atoms with E-state index in [1.807, 2.05) is 36.6 Å². The Morgan fingerprint density at radius 3 is 3.10 bits per heavy atom. The number of aromatic amines is 1. The molecule has 3 aromatic rings. The zero-order valence-corrected chi connectivity index (χ0v) is 13.1. The van der Waals surface area contributed by atoms with Crippen LogP contribution in [-0.4, -0.2) is 9.97 Å². The van der Waals surface area contributed by atoms with Crippen LogP contribution in [0.5, 0.6) is 0 Å². The minimum atomic E-state index is -0.0786. The molecule has 0 spiro atoms. The number of benzene rings is 1. The van der Waals surface area contributed by atoms with Crippen LogP contribution < -0.4 is 10.9 Å². The number of halogens is 1. The smallest absolute Gasteiger partial charge is 0.268 e. The molecule has 3 rings (SSSR count). The second kappa shape index (κ2) is 5.38. The number of nitrogens with one attached hydrogen (secondary N) is 2. The Kier molecular flexibility index (Phi) is 3.58. The van der Waals surface area contributed by atoms with Crippen molar-refractivity contribution in [2.24, 2.45) is 0 Å². The van der Waals surface area contributed by atoms with Gasteiger partial charge < -0.3 is 10.3 Å². The van der Waals surface area contributed by atoms with Gasteiger partial charge in [0.15, 0.2) is 0 Å². The van der Waals surface area contributed by atoms with E-state index in [2.05, 4.69) is 31.2 Å². The highest BCUT2D eigenvalue weighted by Gasteiger charge is 2.06. The SMILES string of the molecule is Cc1ccc(Br)c(NCc2nc3ccsc3c(=O)[nH]2)c1. The zero-order valence-electron chi connectivity index (χ0n) is 10.7. The van der Waals surface area contributed by atoms with Crippen LogP contribution in [0, 0.1) is 6.92 Å². The van der Waals surface area contributed by atoms with E-state index in [4.69, 9.17) is 0 Å². The molecule has 0 fully saturated rings. The maximum absolute atomic E-state index is 11.9. The lowest BCUT2D eigenvalue weighted by Crippen LogP contribution is -2.13. The van der Waals surface area contributed by atoms with Crippen molar-refractivity contribution in [3.05, 3.63) is 55.9 Å². The van der Waals surface area contributed by atoms with Gasteiger partial charge in [0, 0.05) is 10.2 Å². The molecule has 2 N–H and O–H groups in total. The molecule has 4 nitrogen and oxygen atoms in total. The van der Waals surface area contributed by atoms with E-state index in [0.29, 0.717) is 17.1 Å². The van der Waals surface area contributed by atoms with E-state index in [0.717, 1.165) is 15.7 Å². The number of fused-ring (bicyclic) bond motifs is 1. The largest absolute Gasteiger partial charge is 0.377 e. The predicted octanol–water partition coefficient (Wildman–Crippen LogP) is 3.67. The molecule has 2 aromatic heterocycles. The lowest BCUT2D eigenvalue weighted by molar-refractivity contribution is 0.954. The first-order valence-electron chi connectivity index (χ1n) is 6.10. The van der Waals surface area contributed by atoms with Crippen LogP contribution in [0.1, 0.15) is 11.4 Å². The lowest BCUT2D eigenvalue weighted by Gasteiger charge is -2.09.